The van der Waals surface area contributed by atoms with Crippen molar-refractivity contribution >= 4 is 11.6 Å². The van der Waals surface area contributed by atoms with Crippen LogP contribution in [-0.4, -0.2) is 0 Å². The zero-order valence-electron chi connectivity index (χ0n) is 10.4. The number of hydrogen-bond acceptors (Lipinski definition) is 0. The average molecular weight is 248 g/mol. The molecule has 1 aromatic rings. The van der Waals surface area contributed by atoms with Gasteiger partial charge in [0.05, 0.1) is 0 Å². The van der Waals surface area contributed by atoms with E-state index in [0.29, 0.717) is 5.92 Å². The first-order chi connectivity index (χ1) is 8.29. The molecule has 0 saturated heterocycles. The molecule has 0 heterocycles. The molecule has 1 atom stereocenters. The summed E-state index contributed by atoms with van der Waals surface area (Å²) < 4.78 is 0. The van der Waals surface area contributed by atoms with E-state index in [9.17, 15) is 0 Å². The summed E-state index contributed by atoms with van der Waals surface area (Å²) in [5.41, 5.74) is 1.24. The van der Waals surface area contributed by atoms with Crippen molar-refractivity contribution in [2.45, 2.75) is 32.6 Å². The second-order valence-corrected chi connectivity index (χ2v) is 5.31. The zero-order valence-corrected chi connectivity index (χ0v) is 11.2. The Bertz CT molecular complexity index is 377. The number of allylic oxidation sites excluding steroid dienone is 2. The van der Waals surface area contributed by atoms with Gasteiger partial charge < -0.3 is 0 Å². The molecule has 0 nitrogen and oxygen atoms in total. The van der Waals surface area contributed by atoms with E-state index in [0.717, 1.165) is 17.4 Å². The van der Waals surface area contributed by atoms with E-state index < -0.39 is 0 Å². The van der Waals surface area contributed by atoms with E-state index in [1.165, 1.54) is 24.8 Å². The summed E-state index contributed by atoms with van der Waals surface area (Å²) in [5, 5.41) is 0.824. The van der Waals surface area contributed by atoms with E-state index in [4.69, 9.17) is 11.6 Å². The second kappa shape index (κ2) is 6.26. The molecule has 1 radical (unpaired) electrons. The lowest BCUT2D eigenvalue weighted by atomic mass is 9.73. The third kappa shape index (κ3) is 3.61. The summed E-state index contributed by atoms with van der Waals surface area (Å²) >= 11 is 5.99. The topological polar surface area (TPSA) is 0 Å². The molecule has 1 aliphatic carbocycles. The van der Waals surface area contributed by atoms with Crippen LogP contribution in [0.4, 0.5) is 0 Å². The Morgan fingerprint density at radius 3 is 2.82 bits per heavy atom. The molecule has 0 N–H and O–H groups in total. The molecule has 2 rings (SSSR count). The first-order valence-electron chi connectivity index (χ1n) is 6.51. The maximum Gasteiger partial charge on any atom is 0.0408 e. The molecule has 91 valence electrons. The number of hydrogen-bond donors (Lipinski definition) is 0. The normalized spacial score (nSPS) is 18.2. The maximum absolute atomic E-state index is 5.99. The Morgan fingerprint density at radius 2 is 2.24 bits per heavy atom. The van der Waals surface area contributed by atoms with Crippen molar-refractivity contribution in [1.82, 2.24) is 0 Å². The fourth-order valence-corrected chi connectivity index (χ4v) is 2.65. The molecule has 0 aliphatic heterocycles. The van der Waals surface area contributed by atoms with Crippen LogP contribution in [0.3, 0.4) is 0 Å². The minimum Gasteiger partial charge on any atom is -0.0914 e. The molecule has 1 fully saturated rings. The average Bonchev–Trinajstić information content (AvgIpc) is 2.24. The second-order valence-electron chi connectivity index (χ2n) is 4.88. The Labute approximate surface area is 110 Å². The highest BCUT2D eigenvalue weighted by atomic mass is 35.5. The van der Waals surface area contributed by atoms with E-state index >= 15 is 0 Å². The lowest BCUT2D eigenvalue weighted by Crippen LogP contribution is -2.20. The summed E-state index contributed by atoms with van der Waals surface area (Å²) in [7, 11) is 0. The van der Waals surface area contributed by atoms with Gasteiger partial charge in [-0.2, -0.15) is 0 Å². The number of benzene rings is 1. The van der Waals surface area contributed by atoms with Crippen LogP contribution in [0.1, 0.15) is 38.2 Å². The minimum absolute atomic E-state index is 0.715. The number of halogens is 1. The van der Waals surface area contributed by atoms with Gasteiger partial charge in [-0.15, -0.1) is 0 Å². The Hall–Kier alpha value is -0.750. The van der Waals surface area contributed by atoms with Crippen molar-refractivity contribution in [1.29, 1.82) is 0 Å². The molecule has 0 amide bonds. The molecule has 1 aromatic carbocycles. The van der Waals surface area contributed by atoms with Crippen molar-refractivity contribution < 1.29 is 0 Å². The van der Waals surface area contributed by atoms with Crippen LogP contribution < -0.4 is 0 Å². The lowest BCUT2D eigenvalue weighted by molar-refractivity contribution is 0.240. The fraction of sp³-hybridized carbons (Fsp3) is 0.438. The third-order valence-electron chi connectivity index (χ3n) is 3.67. The predicted molar refractivity (Wildman–Crippen MR) is 75.1 cm³/mol. The van der Waals surface area contributed by atoms with Crippen LogP contribution >= 0.6 is 11.6 Å². The van der Waals surface area contributed by atoms with Crippen molar-refractivity contribution in [3.05, 3.63) is 53.4 Å². The van der Waals surface area contributed by atoms with Gasteiger partial charge in [0.25, 0.3) is 0 Å². The van der Waals surface area contributed by atoms with Gasteiger partial charge in [-0.3, -0.25) is 0 Å². The standard InChI is InChI=1S/C16H20Cl/c1-2-5-14(15-7-4-8-15)11-10-13-6-3-9-16(17)12-13/h2-3,5-6,9-10,12,14-15H,4,7-8,11H2,1H3. The molecule has 0 aromatic heterocycles. The van der Waals surface area contributed by atoms with E-state index in [2.05, 4.69) is 31.6 Å². The van der Waals surface area contributed by atoms with Gasteiger partial charge in [-0.25, -0.2) is 0 Å². The van der Waals surface area contributed by atoms with Crippen molar-refractivity contribution in [3.63, 3.8) is 0 Å². The summed E-state index contributed by atoms with van der Waals surface area (Å²) in [4.78, 5) is 0. The largest absolute Gasteiger partial charge is 0.0914 e. The summed E-state index contributed by atoms with van der Waals surface area (Å²) in [6, 6.07) is 8.10. The molecule has 1 aliphatic rings. The molecule has 1 saturated carbocycles. The first-order valence-corrected chi connectivity index (χ1v) is 6.89. The van der Waals surface area contributed by atoms with Crippen molar-refractivity contribution in [2.75, 3.05) is 0 Å². The summed E-state index contributed by atoms with van der Waals surface area (Å²) in [6.45, 7) is 2.12. The minimum atomic E-state index is 0.715. The first kappa shape index (κ1) is 12.7. The summed E-state index contributed by atoms with van der Waals surface area (Å²) in [6.07, 6.45) is 12.2. The highest BCUT2D eigenvalue weighted by Crippen LogP contribution is 2.37. The molecule has 0 spiro atoms. The van der Waals surface area contributed by atoms with Gasteiger partial charge >= 0.3 is 0 Å². The van der Waals surface area contributed by atoms with Crippen LogP contribution in [0, 0.1) is 18.3 Å². The van der Waals surface area contributed by atoms with Gasteiger partial charge in [0.1, 0.15) is 0 Å². The molecule has 0 bridgehead atoms. The van der Waals surface area contributed by atoms with Crippen molar-refractivity contribution in [3.8, 4) is 0 Å². The van der Waals surface area contributed by atoms with Gasteiger partial charge in [0, 0.05) is 5.02 Å². The van der Waals surface area contributed by atoms with Crippen LogP contribution in [0.25, 0.3) is 0 Å². The lowest BCUT2D eigenvalue weighted by Gasteiger charge is -2.32. The highest BCUT2D eigenvalue weighted by molar-refractivity contribution is 6.30. The Balaban J connectivity index is 1.90. The maximum atomic E-state index is 5.99. The fourth-order valence-electron chi connectivity index (χ4n) is 2.45. The van der Waals surface area contributed by atoms with E-state index in [-0.39, 0.29) is 0 Å². The summed E-state index contributed by atoms with van der Waals surface area (Å²) in [5.74, 6) is 1.62. The quantitative estimate of drug-likeness (QED) is 0.622. The van der Waals surface area contributed by atoms with Crippen LogP contribution in [0.5, 0.6) is 0 Å². The SMILES string of the molecule is CC=CC(C[CH]c1cccc(Cl)c1)C1CCC1. The molecule has 17 heavy (non-hydrogen) atoms. The van der Waals surface area contributed by atoms with Gasteiger partial charge in [0.2, 0.25) is 0 Å². The molecular formula is C16H20Cl. The molecule has 1 heteroatoms. The van der Waals surface area contributed by atoms with Gasteiger partial charge in [0.15, 0.2) is 0 Å². The molecule has 1 unspecified atom stereocenters. The van der Waals surface area contributed by atoms with E-state index in [1.54, 1.807) is 0 Å². The molecular weight excluding hydrogens is 228 g/mol. The van der Waals surface area contributed by atoms with Gasteiger partial charge in [-0.05, 0) is 62.1 Å². The Morgan fingerprint density at radius 1 is 1.41 bits per heavy atom. The van der Waals surface area contributed by atoms with Crippen LogP contribution in [0.15, 0.2) is 36.4 Å². The van der Waals surface area contributed by atoms with E-state index in [1.807, 2.05) is 18.2 Å². The third-order valence-corrected chi connectivity index (χ3v) is 3.90. The van der Waals surface area contributed by atoms with Crippen molar-refractivity contribution in [2.24, 2.45) is 11.8 Å². The number of rotatable bonds is 5. The monoisotopic (exact) mass is 247 g/mol. The predicted octanol–water partition coefficient (Wildman–Crippen LogP) is 5.27. The van der Waals surface area contributed by atoms with Crippen LogP contribution in [0.2, 0.25) is 5.02 Å². The smallest absolute Gasteiger partial charge is 0.0408 e. The highest BCUT2D eigenvalue weighted by Gasteiger charge is 2.24. The van der Waals surface area contributed by atoms with Gasteiger partial charge in [-0.1, -0.05) is 42.3 Å². The Kier molecular flexibility index (Phi) is 4.67. The zero-order chi connectivity index (χ0) is 12.1. The van der Waals surface area contributed by atoms with Crippen LogP contribution in [-0.2, 0) is 0 Å².